The van der Waals surface area contributed by atoms with Gasteiger partial charge in [-0.2, -0.15) is 5.26 Å². The number of aromatic nitrogens is 2. The molecule has 1 aromatic heterocycles. The molecule has 0 radical (unpaired) electrons. The minimum Gasteiger partial charge on any atom is -0.233 e. The van der Waals surface area contributed by atoms with Crippen LogP contribution in [0.15, 0.2) is 24.3 Å². The predicted octanol–water partition coefficient (Wildman–Crippen LogP) is 3.29. The lowest BCUT2D eigenvalue weighted by Crippen LogP contribution is -1.96. The lowest BCUT2D eigenvalue weighted by molar-refractivity contribution is 1.04. The lowest BCUT2D eigenvalue weighted by Gasteiger charge is -2.07. The van der Waals surface area contributed by atoms with E-state index >= 15 is 0 Å². The van der Waals surface area contributed by atoms with Crippen molar-refractivity contribution in [3.63, 3.8) is 0 Å². The monoisotopic (exact) mass is 243 g/mol. The predicted molar refractivity (Wildman–Crippen MR) is 66.7 cm³/mol. The molecule has 84 valence electrons. The lowest BCUT2D eigenvalue weighted by atomic mass is 10.1. The molecule has 0 saturated carbocycles. The van der Waals surface area contributed by atoms with Gasteiger partial charge in [-0.05, 0) is 26.0 Å². The summed E-state index contributed by atoms with van der Waals surface area (Å²) in [7, 11) is 0. The molecule has 0 aliphatic rings. The minimum absolute atomic E-state index is 0.454. The second kappa shape index (κ2) is 4.52. The number of nitrogens with zero attached hydrogens (tertiary/aromatic N) is 3. The topological polar surface area (TPSA) is 49.6 Å². The quantitative estimate of drug-likeness (QED) is 0.722. The summed E-state index contributed by atoms with van der Waals surface area (Å²) in [5.41, 5.74) is 3.09. The van der Waals surface area contributed by atoms with Crippen molar-refractivity contribution in [3.05, 3.63) is 46.4 Å². The normalized spacial score (nSPS) is 10.0. The van der Waals surface area contributed by atoms with E-state index in [0.29, 0.717) is 16.5 Å². The third kappa shape index (κ3) is 2.27. The van der Waals surface area contributed by atoms with Crippen LogP contribution in [0.2, 0.25) is 5.15 Å². The van der Waals surface area contributed by atoms with E-state index in [0.717, 1.165) is 16.8 Å². The maximum absolute atomic E-state index is 8.88. The third-order valence-electron chi connectivity index (χ3n) is 2.46. The van der Waals surface area contributed by atoms with Gasteiger partial charge in [-0.1, -0.05) is 23.7 Å². The molecule has 2 aromatic rings. The molecule has 0 fully saturated rings. The van der Waals surface area contributed by atoms with Gasteiger partial charge < -0.3 is 0 Å². The number of benzene rings is 1. The Morgan fingerprint density at radius 2 is 2.00 bits per heavy atom. The van der Waals surface area contributed by atoms with E-state index in [1.54, 1.807) is 19.1 Å². The Morgan fingerprint density at radius 1 is 1.24 bits per heavy atom. The van der Waals surface area contributed by atoms with Crippen molar-refractivity contribution in [2.75, 3.05) is 0 Å². The molecule has 0 atom stereocenters. The Bertz CT molecular complexity index is 615. The van der Waals surface area contributed by atoms with E-state index in [1.165, 1.54) is 0 Å². The maximum atomic E-state index is 8.88. The second-order valence-electron chi connectivity index (χ2n) is 3.73. The summed E-state index contributed by atoms with van der Waals surface area (Å²) in [4.78, 5) is 8.47. The second-order valence-corrected chi connectivity index (χ2v) is 4.09. The fraction of sp³-hybridized carbons (Fsp3) is 0.154. The number of rotatable bonds is 1. The zero-order valence-corrected chi connectivity index (χ0v) is 10.3. The van der Waals surface area contributed by atoms with Crippen LogP contribution >= 0.6 is 11.6 Å². The van der Waals surface area contributed by atoms with Crippen molar-refractivity contribution in [2.24, 2.45) is 0 Å². The van der Waals surface area contributed by atoms with Gasteiger partial charge in [-0.3, -0.25) is 0 Å². The number of hydrogen-bond acceptors (Lipinski definition) is 3. The highest BCUT2D eigenvalue weighted by Gasteiger charge is 2.09. The summed E-state index contributed by atoms with van der Waals surface area (Å²) < 4.78 is 0. The number of halogens is 1. The first-order valence-electron chi connectivity index (χ1n) is 5.13. The first-order chi connectivity index (χ1) is 8.11. The van der Waals surface area contributed by atoms with Gasteiger partial charge in [0.15, 0.2) is 0 Å². The molecule has 0 aliphatic heterocycles. The molecule has 0 amide bonds. The Balaban J connectivity index is 2.64. The molecule has 1 heterocycles. The minimum atomic E-state index is 0.454. The average molecular weight is 244 g/mol. The van der Waals surface area contributed by atoms with Gasteiger partial charge in [-0.15, -0.1) is 0 Å². The first-order valence-corrected chi connectivity index (χ1v) is 5.51. The molecule has 1 aromatic carbocycles. The van der Waals surface area contributed by atoms with Gasteiger partial charge in [0, 0.05) is 11.1 Å². The molecule has 2 rings (SSSR count). The van der Waals surface area contributed by atoms with Gasteiger partial charge in [0.1, 0.15) is 11.0 Å². The van der Waals surface area contributed by atoms with Gasteiger partial charge in [0.2, 0.25) is 0 Å². The Kier molecular flexibility index (Phi) is 3.08. The average Bonchev–Trinajstić information content (AvgIpc) is 2.34. The molecular weight excluding hydrogens is 234 g/mol. The fourth-order valence-corrected chi connectivity index (χ4v) is 1.82. The summed E-state index contributed by atoms with van der Waals surface area (Å²) in [6, 6.07) is 9.41. The van der Waals surface area contributed by atoms with Crippen LogP contribution in [0.3, 0.4) is 0 Å². The molecule has 17 heavy (non-hydrogen) atoms. The molecule has 0 aliphatic carbocycles. The van der Waals surface area contributed by atoms with E-state index in [-0.39, 0.29) is 0 Å². The van der Waals surface area contributed by atoms with Crippen LogP contribution in [-0.4, -0.2) is 9.97 Å². The van der Waals surface area contributed by atoms with Crippen LogP contribution < -0.4 is 0 Å². The largest absolute Gasteiger partial charge is 0.233 e. The van der Waals surface area contributed by atoms with Crippen molar-refractivity contribution >= 4 is 11.6 Å². The van der Waals surface area contributed by atoms with Crippen molar-refractivity contribution in [1.82, 2.24) is 9.97 Å². The third-order valence-corrected chi connectivity index (χ3v) is 2.83. The Hall–Kier alpha value is -1.92. The first kappa shape index (κ1) is 11.6. The molecule has 4 heteroatoms. The molecular formula is C13H10ClN3. The van der Waals surface area contributed by atoms with E-state index < -0.39 is 0 Å². The zero-order valence-electron chi connectivity index (χ0n) is 9.53. The molecule has 0 bridgehead atoms. The van der Waals surface area contributed by atoms with Crippen molar-refractivity contribution in [1.29, 1.82) is 5.26 Å². The van der Waals surface area contributed by atoms with Gasteiger partial charge in [0.25, 0.3) is 0 Å². The van der Waals surface area contributed by atoms with E-state index in [9.17, 15) is 0 Å². The summed E-state index contributed by atoms with van der Waals surface area (Å²) >= 11 is 6.03. The van der Waals surface area contributed by atoms with Crippen molar-refractivity contribution < 1.29 is 0 Å². The van der Waals surface area contributed by atoms with E-state index in [1.807, 2.05) is 19.1 Å². The molecule has 0 N–H and O–H groups in total. The summed E-state index contributed by atoms with van der Waals surface area (Å²) in [5.74, 6) is 0.623. The van der Waals surface area contributed by atoms with Gasteiger partial charge in [0.05, 0.1) is 17.3 Å². The maximum Gasteiger partial charge on any atom is 0.136 e. The van der Waals surface area contributed by atoms with Crippen LogP contribution in [0.5, 0.6) is 0 Å². The fourth-order valence-electron chi connectivity index (χ4n) is 1.61. The molecule has 3 nitrogen and oxygen atoms in total. The zero-order chi connectivity index (χ0) is 12.4. The number of hydrogen-bond donors (Lipinski definition) is 0. The Labute approximate surface area is 105 Å². The van der Waals surface area contributed by atoms with Crippen LogP contribution in [-0.2, 0) is 0 Å². The van der Waals surface area contributed by atoms with E-state index in [2.05, 4.69) is 16.0 Å². The highest BCUT2D eigenvalue weighted by Crippen LogP contribution is 2.25. The summed E-state index contributed by atoms with van der Waals surface area (Å²) in [6.07, 6.45) is 0. The van der Waals surface area contributed by atoms with Crippen molar-refractivity contribution in [2.45, 2.75) is 13.8 Å². The standard InChI is InChI=1S/C13H10ClN3/c1-8-12(16-9(2)17-13(8)14)11-5-3-4-10(6-11)7-15/h3-6H,1-2H3. The van der Waals surface area contributed by atoms with Crippen LogP contribution in [0.4, 0.5) is 0 Å². The summed E-state index contributed by atoms with van der Waals surface area (Å²) in [5, 5.41) is 9.33. The molecule has 0 spiro atoms. The van der Waals surface area contributed by atoms with Gasteiger partial charge >= 0.3 is 0 Å². The molecule has 0 unspecified atom stereocenters. The highest BCUT2D eigenvalue weighted by atomic mass is 35.5. The highest BCUT2D eigenvalue weighted by molar-refractivity contribution is 6.30. The Morgan fingerprint density at radius 3 is 2.71 bits per heavy atom. The van der Waals surface area contributed by atoms with Crippen LogP contribution in [0.25, 0.3) is 11.3 Å². The molecule has 0 saturated heterocycles. The van der Waals surface area contributed by atoms with Crippen LogP contribution in [0.1, 0.15) is 17.0 Å². The van der Waals surface area contributed by atoms with E-state index in [4.69, 9.17) is 16.9 Å². The number of nitriles is 1. The van der Waals surface area contributed by atoms with Crippen LogP contribution in [0, 0.1) is 25.2 Å². The summed E-state index contributed by atoms with van der Waals surface area (Å²) in [6.45, 7) is 3.67. The number of aryl methyl sites for hydroxylation is 1. The SMILES string of the molecule is Cc1nc(Cl)c(C)c(-c2cccc(C#N)c2)n1. The smallest absolute Gasteiger partial charge is 0.136 e. The van der Waals surface area contributed by atoms with Gasteiger partial charge in [-0.25, -0.2) is 9.97 Å². The van der Waals surface area contributed by atoms with Crippen molar-refractivity contribution in [3.8, 4) is 17.3 Å².